The molecule has 1 aromatic rings. The van der Waals surface area contributed by atoms with E-state index in [4.69, 9.17) is 4.74 Å². The van der Waals surface area contributed by atoms with Gasteiger partial charge in [-0.05, 0) is 30.2 Å². The van der Waals surface area contributed by atoms with Gasteiger partial charge in [-0.15, -0.1) is 0 Å². The van der Waals surface area contributed by atoms with Crippen LogP contribution >= 0.6 is 0 Å². The lowest BCUT2D eigenvalue weighted by atomic mass is 10.1. The second-order valence-electron chi connectivity index (χ2n) is 3.97. The highest BCUT2D eigenvalue weighted by molar-refractivity contribution is 5.90. The monoisotopic (exact) mass is 262 g/mol. The first-order valence-electron chi connectivity index (χ1n) is 6.20. The molecule has 0 spiro atoms. The van der Waals surface area contributed by atoms with Crippen molar-refractivity contribution in [3.8, 4) is 0 Å². The zero-order chi connectivity index (χ0) is 14.1. The first-order chi connectivity index (χ1) is 9.17. The summed E-state index contributed by atoms with van der Waals surface area (Å²) >= 11 is 0. The average Bonchev–Trinajstić information content (AvgIpc) is 2.45. The SMILES string of the molecule is CCCCOC(=O)/C=C/c1ccc(C(=O)OC)cc1. The zero-order valence-corrected chi connectivity index (χ0v) is 11.2. The van der Waals surface area contributed by atoms with Crippen molar-refractivity contribution < 1.29 is 19.1 Å². The van der Waals surface area contributed by atoms with Crippen LogP contribution in [0.25, 0.3) is 6.08 Å². The topological polar surface area (TPSA) is 52.6 Å². The summed E-state index contributed by atoms with van der Waals surface area (Å²) in [5, 5.41) is 0. The van der Waals surface area contributed by atoms with E-state index in [1.54, 1.807) is 30.3 Å². The number of ether oxygens (including phenoxy) is 2. The number of rotatable bonds is 6. The van der Waals surface area contributed by atoms with E-state index in [9.17, 15) is 9.59 Å². The van der Waals surface area contributed by atoms with E-state index in [0.29, 0.717) is 12.2 Å². The number of esters is 2. The van der Waals surface area contributed by atoms with Crippen LogP contribution in [-0.2, 0) is 14.3 Å². The Hall–Kier alpha value is -2.10. The quantitative estimate of drug-likeness (QED) is 0.449. The van der Waals surface area contributed by atoms with Crippen molar-refractivity contribution >= 4 is 18.0 Å². The van der Waals surface area contributed by atoms with Crippen LogP contribution in [0.4, 0.5) is 0 Å². The maximum Gasteiger partial charge on any atom is 0.337 e. The molecule has 0 amide bonds. The van der Waals surface area contributed by atoms with Gasteiger partial charge in [0.05, 0.1) is 19.3 Å². The second-order valence-corrected chi connectivity index (χ2v) is 3.97. The minimum Gasteiger partial charge on any atom is -0.465 e. The van der Waals surface area contributed by atoms with Crippen molar-refractivity contribution in [3.63, 3.8) is 0 Å². The molecule has 1 rings (SSSR count). The third-order valence-corrected chi connectivity index (χ3v) is 2.49. The molecule has 102 valence electrons. The maximum absolute atomic E-state index is 11.3. The van der Waals surface area contributed by atoms with Gasteiger partial charge in [-0.25, -0.2) is 9.59 Å². The lowest BCUT2D eigenvalue weighted by Crippen LogP contribution is -2.02. The lowest BCUT2D eigenvalue weighted by molar-refractivity contribution is -0.137. The van der Waals surface area contributed by atoms with Crippen molar-refractivity contribution in [1.29, 1.82) is 0 Å². The Kier molecular flexibility index (Phi) is 6.36. The number of unbranched alkanes of at least 4 members (excludes halogenated alkanes) is 1. The molecule has 0 aliphatic heterocycles. The predicted molar refractivity (Wildman–Crippen MR) is 72.7 cm³/mol. The minimum atomic E-state index is -0.380. The van der Waals surface area contributed by atoms with Crippen molar-refractivity contribution in [2.75, 3.05) is 13.7 Å². The van der Waals surface area contributed by atoms with Gasteiger partial charge in [0.25, 0.3) is 0 Å². The molecule has 0 aliphatic rings. The molecule has 19 heavy (non-hydrogen) atoms. The largest absolute Gasteiger partial charge is 0.465 e. The highest BCUT2D eigenvalue weighted by Gasteiger charge is 2.03. The van der Waals surface area contributed by atoms with Crippen LogP contribution < -0.4 is 0 Å². The van der Waals surface area contributed by atoms with E-state index in [2.05, 4.69) is 4.74 Å². The van der Waals surface area contributed by atoms with Crippen LogP contribution in [0, 0.1) is 0 Å². The number of methoxy groups -OCH3 is 1. The van der Waals surface area contributed by atoms with Gasteiger partial charge >= 0.3 is 11.9 Å². The van der Waals surface area contributed by atoms with E-state index < -0.39 is 0 Å². The minimum absolute atomic E-state index is 0.356. The molecule has 0 saturated carbocycles. The molecule has 0 atom stereocenters. The number of carbonyl (C=O) groups is 2. The Labute approximate surface area is 113 Å². The van der Waals surface area contributed by atoms with Crippen molar-refractivity contribution in [1.82, 2.24) is 0 Å². The normalized spacial score (nSPS) is 10.4. The summed E-state index contributed by atoms with van der Waals surface area (Å²) in [4.78, 5) is 22.6. The molecule has 0 radical (unpaired) electrons. The van der Waals surface area contributed by atoms with Gasteiger partial charge in [0.15, 0.2) is 0 Å². The molecule has 4 nitrogen and oxygen atoms in total. The highest BCUT2D eigenvalue weighted by atomic mass is 16.5. The van der Waals surface area contributed by atoms with E-state index >= 15 is 0 Å². The number of carbonyl (C=O) groups excluding carboxylic acids is 2. The van der Waals surface area contributed by atoms with E-state index in [1.165, 1.54) is 13.2 Å². The Morgan fingerprint density at radius 2 is 1.89 bits per heavy atom. The molecule has 0 fully saturated rings. The van der Waals surface area contributed by atoms with Gasteiger partial charge in [0.1, 0.15) is 0 Å². The molecule has 0 N–H and O–H groups in total. The summed E-state index contributed by atoms with van der Waals surface area (Å²) in [6, 6.07) is 6.77. The van der Waals surface area contributed by atoms with E-state index in [-0.39, 0.29) is 11.9 Å². The third-order valence-electron chi connectivity index (χ3n) is 2.49. The van der Waals surface area contributed by atoms with Gasteiger partial charge in [0, 0.05) is 6.08 Å². The van der Waals surface area contributed by atoms with Gasteiger partial charge in [-0.3, -0.25) is 0 Å². The van der Waals surface area contributed by atoms with Crippen LogP contribution in [0.5, 0.6) is 0 Å². The summed E-state index contributed by atoms with van der Waals surface area (Å²) in [7, 11) is 1.34. The molecule has 0 bridgehead atoms. The highest BCUT2D eigenvalue weighted by Crippen LogP contribution is 2.07. The fourth-order valence-electron chi connectivity index (χ4n) is 1.38. The van der Waals surface area contributed by atoms with Crippen LogP contribution in [0.1, 0.15) is 35.7 Å². The molecular weight excluding hydrogens is 244 g/mol. The standard InChI is InChI=1S/C15H18O4/c1-3-4-11-19-14(16)10-7-12-5-8-13(9-6-12)15(17)18-2/h5-10H,3-4,11H2,1-2H3/b10-7+. The molecule has 4 heteroatoms. The fourth-order valence-corrected chi connectivity index (χ4v) is 1.38. The van der Waals surface area contributed by atoms with E-state index in [1.807, 2.05) is 6.92 Å². The first-order valence-corrected chi connectivity index (χ1v) is 6.20. The molecule has 0 unspecified atom stereocenters. The maximum atomic E-state index is 11.3. The molecule has 0 saturated heterocycles. The summed E-state index contributed by atoms with van der Waals surface area (Å²) in [6.45, 7) is 2.48. The van der Waals surface area contributed by atoms with Crippen LogP contribution in [-0.4, -0.2) is 25.7 Å². The Balaban J connectivity index is 2.53. The molecular formula is C15H18O4. The fraction of sp³-hybridized carbons (Fsp3) is 0.333. The van der Waals surface area contributed by atoms with Crippen molar-refractivity contribution in [2.45, 2.75) is 19.8 Å². The third kappa shape index (κ3) is 5.38. The Morgan fingerprint density at radius 3 is 2.47 bits per heavy atom. The summed E-state index contributed by atoms with van der Waals surface area (Å²) in [6.07, 6.45) is 4.89. The Morgan fingerprint density at radius 1 is 1.21 bits per heavy atom. The number of hydrogen-bond acceptors (Lipinski definition) is 4. The summed E-state index contributed by atoms with van der Waals surface area (Å²) in [5.74, 6) is -0.736. The molecule has 1 aromatic carbocycles. The summed E-state index contributed by atoms with van der Waals surface area (Å²) in [5.41, 5.74) is 1.30. The lowest BCUT2D eigenvalue weighted by Gasteiger charge is -2.00. The molecule has 0 heterocycles. The first kappa shape index (κ1) is 15.0. The van der Waals surface area contributed by atoms with Crippen LogP contribution in [0.15, 0.2) is 30.3 Å². The van der Waals surface area contributed by atoms with Crippen molar-refractivity contribution in [3.05, 3.63) is 41.5 Å². The zero-order valence-electron chi connectivity index (χ0n) is 11.2. The predicted octanol–water partition coefficient (Wildman–Crippen LogP) is 2.83. The van der Waals surface area contributed by atoms with E-state index in [0.717, 1.165) is 18.4 Å². The smallest absolute Gasteiger partial charge is 0.337 e. The van der Waals surface area contributed by atoms with Gasteiger partial charge in [-0.2, -0.15) is 0 Å². The number of benzene rings is 1. The van der Waals surface area contributed by atoms with Gasteiger partial charge in [-0.1, -0.05) is 25.5 Å². The number of hydrogen-bond donors (Lipinski definition) is 0. The van der Waals surface area contributed by atoms with Crippen molar-refractivity contribution in [2.24, 2.45) is 0 Å². The summed E-state index contributed by atoms with van der Waals surface area (Å²) < 4.78 is 9.58. The average molecular weight is 262 g/mol. The van der Waals surface area contributed by atoms with Crippen LogP contribution in [0.2, 0.25) is 0 Å². The van der Waals surface area contributed by atoms with Gasteiger partial charge < -0.3 is 9.47 Å². The Bertz CT molecular complexity index is 446. The second kappa shape index (κ2) is 8.08. The molecule has 0 aliphatic carbocycles. The van der Waals surface area contributed by atoms with Crippen LogP contribution in [0.3, 0.4) is 0 Å². The molecule has 0 aromatic heterocycles. The van der Waals surface area contributed by atoms with Gasteiger partial charge in [0.2, 0.25) is 0 Å².